The number of aliphatic hydroxyl groups is 5. The zero-order chi connectivity index (χ0) is 61.4. The molecule has 1 heterocycles. The summed E-state index contributed by atoms with van der Waals surface area (Å²) in [4.78, 5) is 13.1. The standard InChI is InChI=1S/C76H141NO8/c1-3-5-7-9-11-13-15-17-19-21-23-25-26-27-28-29-30-31-32-33-34-35-36-37-38-39-40-41-42-43-44-46-48-50-52-54-56-58-60-62-64-66-72(80)77-69(68-84-76-75(83)74(82)73(81)71(67-78)85-76)70(79)65-63-61-59-57-55-53-51-49-47-45-24-22-20-18-16-14-12-10-8-6-4-2/h15,17,21,23,47,49,55,57,63,65,69-71,73-76,78-79,81-83H,3-14,16,18-20,22,24-46,48,50-54,56,58-62,64,66-68H2,1-2H3,(H,77,80)/b17-15-,23-21-,49-47+,57-55+,65-63+. The number of carbonyl (C=O) groups excluding carboxylic acids is 1. The molecule has 7 atom stereocenters. The Morgan fingerprint density at radius 2 is 0.706 bits per heavy atom. The Morgan fingerprint density at radius 1 is 0.400 bits per heavy atom. The lowest BCUT2D eigenvalue weighted by atomic mass is 9.99. The average Bonchev–Trinajstić information content (AvgIpc) is 3.68. The Balaban J connectivity index is 2.06. The molecule has 9 nitrogen and oxygen atoms in total. The van der Waals surface area contributed by atoms with E-state index in [4.69, 9.17) is 9.47 Å². The summed E-state index contributed by atoms with van der Waals surface area (Å²) >= 11 is 0. The largest absolute Gasteiger partial charge is 0.394 e. The lowest BCUT2D eigenvalue weighted by Crippen LogP contribution is -2.60. The summed E-state index contributed by atoms with van der Waals surface area (Å²) in [5.41, 5.74) is 0. The monoisotopic (exact) mass is 1200 g/mol. The van der Waals surface area contributed by atoms with Gasteiger partial charge in [0.1, 0.15) is 24.4 Å². The molecule has 1 rings (SSSR count). The molecular weight excluding hydrogens is 1050 g/mol. The first-order valence-electron chi connectivity index (χ1n) is 37.0. The molecule has 1 amide bonds. The molecular formula is C76H141NO8. The molecule has 1 fully saturated rings. The van der Waals surface area contributed by atoms with Crippen molar-refractivity contribution in [2.75, 3.05) is 13.2 Å². The second-order valence-electron chi connectivity index (χ2n) is 25.7. The first-order valence-corrected chi connectivity index (χ1v) is 37.0. The van der Waals surface area contributed by atoms with Crippen LogP contribution in [0.5, 0.6) is 0 Å². The minimum Gasteiger partial charge on any atom is -0.394 e. The van der Waals surface area contributed by atoms with Gasteiger partial charge in [-0.15, -0.1) is 0 Å². The van der Waals surface area contributed by atoms with Crippen LogP contribution < -0.4 is 5.32 Å². The molecule has 6 N–H and O–H groups in total. The van der Waals surface area contributed by atoms with Gasteiger partial charge in [-0.25, -0.2) is 0 Å². The molecule has 0 saturated carbocycles. The van der Waals surface area contributed by atoms with Crippen LogP contribution in [0.3, 0.4) is 0 Å². The summed E-state index contributed by atoms with van der Waals surface area (Å²) in [7, 11) is 0. The van der Waals surface area contributed by atoms with Crippen LogP contribution in [-0.4, -0.2) is 87.5 Å². The molecule has 0 spiro atoms. The quantitative estimate of drug-likeness (QED) is 0.0261. The molecule has 0 radical (unpaired) electrons. The van der Waals surface area contributed by atoms with E-state index in [1.54, 1.807) is 6.08 Å². The molecule has 1 saturated heterocycles. The van der Waals surface area contributed by atoms with Crippen molar-refractivity contribution in [2.45, 2.75) is 403 Å². The van der Waals surface area contributed by atoms with Crippen molar-refractivity contribution in [2.24, 2.45) is 0 Å². The first-order chi connectivity index (χ1) is 41.8. The van der Waals surface area contributed by atoms with Crippen LogP contribution in [0.15, 0.2) is 60.8 Å². The summed E-state index contributed by atoms with van der Waals surface area (Å²) in [6.07, 6.45) is 83.6. The highest BCUT2D eigenvalue weighted by molar-refractivity contribution is 5.76. The van der Waals surface area contributed by atoms with Gasteiger partial charge >= 0.3 is 0 Å². The topological polar surface area (TPSA) is 149 Å². The zero-order valence-electron chi connectivity index (χ0n) is 55.9. The van der Waals surface area contributed by atoms with Crippen LogP contribution in [0, 0.1) is 0 Å². The minimum absolute atomic E-state index is 0.185. The minimum atomic E-state index is -1.58. The van der Waals surface area contributed by atoms with E-state index in [9.17, 15) is 30.3 Å². The zero-order valence-corrected chi connectivity index (χ0v) is 55.9. The second kappa shape index (κ2) is 64.9. The fraction of sp³-hybridized carbons (Fsp3) is 0.855. The molecule has 1 aliphatic heterocycles. The number of carbonyl (C=O) groups is 1. The third kappa shape index (κ3) is 53.4. The number of amides is 1. The van der Waals surface area contributed by atoms with Gasteiger partial charge in [0.15, 0.2) is 6.29 Å². The predicted octanol–water partition coefficient (Wildman–Crippen LogP) is 20.5. The highest BCUT2D eigenvalue weighted by atomic mass is 16.7. The average molecular weight is 1200 g/mol. The molecule has 498 valence electrons. The van der Waals surface area contributed by atoms with Crippen LogP contribution in [0.25, 0.3) is 0 Å². The summed E-state index contributed by atoms with van der Waals surface area (Å²) in [5.74, 6) is -0.185. The highest BCUT2D eigenvalue weighted by Gasteiger charge is 2.44. The van der Waals surface area contributed by atoms with E-state index in [2.05, 4.69) is 67.8 Å². The molecule has 0 aromatic heterocycles. The fourth-order valence-electron chi connectivity index (χ4n) is 11.8. The number of hydrogen-bond acceptors (Lipinski definition) is 8. The molecule has 0 aromatic carbocycles. The Labute approximate surface area is 526 Å². The molecule has 1 aliphatic rings. The molecule has 0 aromatic rings. The molecule has 9 heteroatoms. The van der Waals surface area contributed by atoms with Crippen molar-refractivity contribution in [3.8, 4) is 0 Å². The third-order valence-electron chi connectivity index (χ3n) is 17.5. The fourth-order valence-corrected chi connectivity index (χ4v) is 11.8. The maximum absolute atomic E-state index is 13.1. The van der Waals surface area contributed by atoms with Gasteiger partial charge in [-0.2, -0.15) is 0 Å². The van der Waals surface area contributed by atoms with Gasteiger partial charge < -0.3 is 40.3 Å². The number of rotatable bonds is 65. The maximum atomic E-state index is 13.1. The Morgan fingerprint density at radius 3 is 1.06 bits per heavy atom. The highest BCUT2D eigenvalue weighted by Crippen LogP contribution is 2.23. The SMILES string of the molecule is CCCCCCC/C=C\C/C=C\CCCCCCCCCCCCCCCCCCCCCCCCCCCCCCCC(=O)NC(COC1OC(CO)C(O)C(O)C1O)C(O)/C=C/CC/C=C/CC/C=C/CCCCCCCCCCCCC. The number of unbranched alkanes of at least 4 members (excludes halogenated alkanes) is 47. The Kier molecular flexibility index (Phi) is 61.7. The number of ether oxygens (including phenoxy) is 2. The lowest BCUT2D eigenvalue weighted by Gasteiger charge is -2.40. The second-order valence-corrected chi connectivity index (χ2v) is 25.7. The van der Waals surface area contributed by atoms with E-state index in [-0.39, 0.29) is 12.5 Å². The third-order valence-corrected chi connectivity index (χ3v) is 17.5. The van der Waals surface area contributed by atoms with Crippen LogP contribution in [-0.2, 0) is 14.3 Å². The number of hydrogen-bond donors (Lipinski definition) is 6. The van der Waals surface area contributed by atoms with Crippen LogP contribution >= 0.6 is 0 Å². The van der Waals surface area contributed by atoms with Gasteiger partial charge in [-0.1, -0.05) is 338 Å². The van der Waals surface area contributed by atoms with Crippen molar-refractivity contribution in [1.82, 2.24) is 5.32 Å². The summed E-state index contributed by atoms with van der Waals surface area (Å²) < 4.78 is 11.3. The van der Waals surface area contributed by atoms with Gasteiger partial charge in [0.05, 0.1) is 25.4 Å². The molecule has 0 aliphatic carbocycles. The van der Waals surface area contributed by atoms with E-state index in [1.807, 2.05) is 6.08 Å². The molecule has 7 unspecified atom stereocenters. The summed E-state index contributed by atoms with van der Waals surface area (Å²) in [6.45, 7) is 3.79. The smallest absolute Gasteiger partial charge is 0.220 e. The van der Waals surface area contributed by atoms with Gasteiger partial charge in [-0.3, -0.25) is 4.79 Å². The van der Waals surface area contributed by atoms with Crippen molar-refractivity contribution in [1.29, 1.82) is 0 Å². The normalized spacial score (nSPS) is 18.4. The van der Waals surface area contributed by atoms with Crippen molar-refractivity contribution in [3.63, 3.8) is 0 Å². The van der Waals surface area contributed by atoms with Gasteiger partial charge in [-0.05, 0) is 77.0 Å². The van der Waals surface area contributed by atoms with Gasteiger partial charge in [0.25, 0.3) is 0 Å². The number of allylic oxidation sites excluding steroid dienone is 9. The van der Waals surface area contributed by atoms with Crippen molar-refractivity contribution < 1.29 is 39.8 Å². The van der Waals surface area contributed by atoms with Crippen molar-refractivity contribution in [3.05, 3.63) is 60.8 Å². The van der Waals surface area contributed by atoms with E-state index in [0.29, 0.717) is 6.42 Å². The van der Waals surface area contributed by atoms with Crippen molar-refractivity contribution >= 4 is 5.91 Å². The lowest BCUT2D eigenvalue weighted by molar-refractivity contribution is -0.302. The van der Waals surface area contributed by atoms with E-state index >= 15 is 0 Å². The van der Waals surface area contributed by atoms with Crippen LogP contribution in [0.4, 0.5) is 0 Å². The number of aliphatic hydroxyl groups excluding tert-OH is 5. The Hall–Kier alpha value is -2.11. The van der Waals surface area contributed by atoms with Crippen LogP contribution in [0.1, 0.15) is 361 Å². The van der Waals surface area contributed by atoms with E-state index in [1.165, 1.54) is 289 Å². The number of nitrogens with one attached hydrogen (secondary N) is 1. The van der Waals surface area contributed by atoms with Crippen LogP contribution in [0.2, 0.25) is 0 Å². The maximum Gasteiger partial charge on any atom is 0.220 e. The summed E-state index contributed by atoms with van der Waals surface area (Å²) in [5, 5.41) is 54.7. The van der Waals surface area contributed by atoms with E-state index < -0.39 is 49.5 Å². The molecule has 85 heavy (non-hydrogen) atoms. The summed E-state index contributed by atoms with van der Waals surface area (Å²) in [6, 6.07) is -0.829. The van der Waals surface area contributed by atoms with Gasteiger partial charge in [0.2, 0.25) is 5.91 Å². The molecule has 0 bridgehead atoms. The predicted molar refractivity (Wildman–Crippen MR) is 364 cm³/mol. The van der Waals surface area contributed by atoms with Gasteiger partial charge in [0, 0.05) is 6.42 Å². The first kappa shape index (κ1) is 80.9. The van der Waals surface area contributed by atoms with E-state index in [0.717, 1.165) is 51.4 Å². The Bertz CT molecular complexity index is 1530.